The Bertz CT molecular complexity index is 813. The van der Waals surface area contributed by atoms with Crippen molar-refractivity contribution in [2.24, 2.45) is 0 Å². The van der Waals surface area contributed by atoms with Crippen LogP contribution < -0.4 is 10.6 Å². The predicted molar refractivity (Wildman–Crippen MR) is 124 cm³/mol. The lowest BCUT2D eigenvalue weighted by atomic mass is 10.0. The van der Waals surface area contributed by atoms with E-state index in [1.807, 2.05) is 18.2 Å². The van der Waals surface area contributed by atoms with Gasteiger partial charge in [-0.3, -0.25) is 14.5 Å². The van der Waals surface area contributed by atoms with Crippen LogP contribution in [0.25, 0.3) is 0 Å². The number of hydrogen-bond acceptors (Lipinski definition) is 4. The second kappa shape index (κ2) is 12.2. The van der Waals surface area contributed by atoms with Crippen LogP contribution in [0.1, 0.15) is 41.2 Å². The standard InChI is InChI=1S/C25H34N4O2/c1-28-18-19-29(23(20-28)21-10-4-2-5-11-21)17-9-16-26-24(30)14-8-15-27-25(31)22-12-6-3-7-13-22/h2-7,10-13,23H,8-9,14-20H2,1H3,(H,26,30)(H,27,31)/t23-/m1/s1. The van der Waals surface area contributed by atoms with E-state index in [1.54, 1.807) is 12.1 Å². The molecule has 0 aliphatic carbocycles. The molecule has 0 radical (unpaired) electrons. The number of nitrogens with zero attached hydrogens (tertiary/aromatic N) is 2. The maximum Gasteiger partial charge on any atom is 0.251 e. The Morgan fingerprint density at radius 2 is 1.58 bits per heavy atom. The molecule has 1 fully saturated rings. The van der Waals surface area contributed by atoms with Crippen LogP contribution in [0.3, 0.4) is 0 Å². The summed E-state index contributed by atoms with van der Waals surface area (Å²) in [4.78, 5) is 29.0. The van der Waals surface area contributed by atoms with Gasteiger partial charge in [-0.25, -0.2) is 0 Å². The van der Waals surface area contributed by atoms with Crippen molar-refractivity contribution in [2.75, 3.05) is 46.3 Å². The number of benzene rings is 2. The Kier molecular flexibility index (Phi) is 9.06. The van der Waals surface area contributed by atoms with Crippen molar-refractivity contribution >= 4 is 11.8 Å². The number of likely N-dealkylation sites (N-methyl/N-ethyl adjacent to an activating group) is 1. The number of piperazine rings is 1. The van der Waals surface area contributed by atoms with Gasteiger partial charge in [0, 0.05) is 57.3 Å². The molecule has 0 bridgehead atoms. The second-order valence-electron chi connectivity index (χ2n) is 8.15. The minimum atomic E-state index is -0.0962. The third-order valence-electron chi connectivity index (χ3n) is 5.73. The van der Waals surface area contributed by atoms with Gasteiger partial charge in [0.1, 0.15) is 0 Å². The highest BCUT2D eigenvalue weighted by molar-refractivity contribution is 5.94. The Labute approximate surface area is 185 Å². The zero-order valence-corrected chi connectivity index (χ0v) is 18.4. The number of nitrogens with one attached hydrogen (secondary N) is 2. The second-order valence-corrected chi connectivity index (χ2v) is 8.15. The molecule has 166 valence electrons. The summed E-state index contributed by atoms with van der Waals surface area (Å²) in [5.74, 6) is -0.0481. The quantitative estimate of drug-likeness (QED) is 0.578. The summed E-state index contributed by atoms with van der Waals surface area (Å²) in [5.41, 5.74) is 2.00. The van der Waals surface area contributed by atoms with E-state index in [0.717, 1.165) is 32.6 Å². The highest BCUT2D eigenvalue weighted by atomic mass is 16.2. The van der Waals surface area contributed by atoms with Gasteiger partial charge in [-0.2, -0.15) is 0 Å². The van der Waals surface area contributed by atoms with Crippen LogP contribution in [-0.2, 0) is 4.79 Å². The van der Waals surface area contributed by atoms with Crippen molar-refractivity contribution in [2.45, 2.75) is 25.3 Å². The van der Waals surface area contributed by atoms with Gasteiger partial charge in [-0.1, -0.05) is 48.5 Å². The molecule has 0 unspecified atom stereocenters. The smallest absolute Gasteiger partial charge is 0.251 e. The Hall–Kier alpha value is -2.70. The first-order chi connectivity index (χ1) is 15.1. The molecular formula is C25H34N4O2. The van der Waals surface area contributed by atoms with Crippen molar-refractivity contribution < 1.29 is 9.59 Å². The first kappa shape index (κ1) is 23.0. The molecule has 31 heavy (non-hydrogen) atoms. The topological polar surface area (TPSA) is 64.7 Å². The number of carbonyl (C=O) groups excluding carboxylic acids is 2. The zero-order chi connectivity index (χ0) is 21.9. The van der Waals surface area contributed by atoms with Crippen molar-refractivity contribution in [3.8, 4) is 0 Å². The van der Waals surface area contributed by atoms with Crippen LogP contribution in [0.4, 0.5) is 0 Å². The first-order valence-corrected chi connectivity index (χ1v) is 11.2. The fourth-order valence-electron chi connectivity index (χ4n) is 3.96. The van der Waals surface area contributed by atoms with E-state index in [2.05, 4.69) is 57.8 Å². The van der Waals surface area contributed by atoms with Gasteiger partial charge >= 0.3 is 0 Å². The van der Waals surface area contributed by atoms with Crippen molar-refractivity contribution in [1.82, 2.24) is 20.4 Å². The lowest BCUT2D eigenvalue weighted by Gasteiger charge is -2.40. The molecule has 2 aromatic rings. The van der Waals surface area contributed by atoms with Gasteiger partial charge in [0.2, 0.25) is 5.91 Å². The molecule has 2 N–H and O–H groups in total. The van der Waals surface area contributed by atoms with Crippen LogP contribution in [-0.4, -0.2) is 67.9 Å². The Morgan fingerprint density at radius 1 is 0.903 bits per heavy atom. The van der Waals surface area contributed by atoms with Crippen LogP contribution in [0, 0.1) is 0 Å². The lowest BCUT2D eigenvalue weighted by molar-refractivity contribution is -0.121. The summed E-state index contributed by atoms with van der Waals surface area (Å²) in [6, 6.07) is 20.2. The number of rotatable bonds is 10. The molecule has 1 aliphatic rings. The molecule has 3 rings (SSSR count). The molecular weight excluding hydrogens is 388 g/mol. The van der Waals surface area contributed by atoms with Gasteiger partial charge in [-0.05, 0) is 37.6 Å². The van der Waals surface area contributed by atoms with E-state index in [4.69, 9.17) is 0 Å². The highest BCUT2D eigenvalue weighted by Crippen LogP contribution is 2.24. The van der Waals surface area contributed by atoms with E-state index in [1.165, 1.54) is 5.56 Å². The van der Waals surface area contributed by atoms with Crippen LogP contribution in [0.5, 0.6) is 0 Å². The number of amides is 2. The first-order valence-electron chi connectivity index (χ1n) is 11.2. The molecule has 1 atom stereocenters. The largest absolute Gasteiger partial charge is 0.356 e. The number of hydrogen-bond donors (Lipinski definition) is 2. The lowest BCUT2D eigenvalue weighted by Crippen LogP contribution is -2.47. The summed E-state index contributed by atoms with van der Waals surface area (Å²) < 4.78 is 0. The Morgan fingerprint density at radius 3 is 2.32 bits per heavy atom. The van der Waals surface area contributed by atoms with E-state index in [0.29, 0.717) is 37.5 Å². The van der Waals surface area contributed by atoms with E-state index >= 15 is 0 Å². The third kappa shape index (κ3) is 7.49. The van der Waals surface area contributed by atoms with Crippen LogP contribution >= 0.6 is 0 Å². The van der Waals surface area contributed by atoms with Gasteiger partial charge in [0.25, 0.3) is 5.91 Å². The summed E-state index contributed by atoms with van der Waals surface area (Å²) in [5, 5.41) is 5.88. The van der Waals surface area contributed by atoms with Gasteiger partial charge in [-0.15, -0.1) is 0 Å². The highest BCUT2D eigenvalue weighted by Gasteiger charge is 2.25. The third-order valence-corrected chi connectivity index (χ3v) is 5.73. The van der Waals surface area contributed by atoms with E-state index < -0.39 is 0 Å². The minimum Gasteiger partial charge on any atom is -0.356 e. The summed E-state index contributed by atoms with van der Waals surface area (Å²) in [6.45, 7) is 5.31. The Balaban J connectivity index is 1.30. The van der Waals surface area contributed by atoms with Gasteiger partial charge < -0.3 is 15.5 Å². The monoisotopic (exact) mass is 422 g/mol. The molecule has 1 saturated heterocycles. The average Bonchev–Trinajstić information content (AvgIpc) is 2.81. The molecule has 6 heteroatoms. The van der Waals surface area contributed by atoms with Crippen LogP contribution in [0.15, 0.2) is 60.7 Å². The molecule has 1 aliphatic heterocycles. The van der Waals surface area contributed by atoms with Gasteiger partial charge in [0.15, 0.2) is 0 Å². The van der Waals surface area contributed by atoms with Crippen molar-refractivity contribution in [1.29, 1.82) is 0 Å². The molecule has 0 saturated carbocycles. The van der Waals surface area contributed by atoms with E-state index in [-0.39, 0.29) is 11.8 Å². The predicted octanol–water partition coefficient (Wildman–Crippen LogP) is 2.69. The summed E-state index contributed by atoms with van der Waals surface area (Å²) in [6.07, 6.45) is 2.00. The molecule has 2 amide bonds. The normalized spacial score (nSPS) is 17.3. The average molecular weight is 423 g/mol. The SMILES string of the molecule is CN1CCN(CCCNC(=O)CCCNC(=O)c2ccccc2)[C@@H](c2ccccc2)C1. The van der Waals surface area contributed by atoms with Crippen LogP contribution in [0.2, 0.25) is 0 Å². The molecule has 0 aromatic heterocycles. The maximum absolute atomic E-state index is 12.1. The maximum atomic E-state index is 12.1. The minimum absolute atomic E-state index is 0.0481. The van der Waals surface area contributed by atoms with Gasteiger partial charge in [0.05, 0.1) is 0 Å². The fraction of sp³-hybridized carbons (Fsp3) is 0.440. The zero-order valence-electron chi connectivity index (χ0n) is 18.4. The van der Waals surface area contributed by atoms with Crippen molar-refractivity contribution in [3.05, 3.63) is 71.8 Å². The molecule has 6 nitrogen and oxygen atoms in total. The van der Waals surface area contributed by atoms with Crippen molar-refractivity contribution in [3.63, 3.8) is 0 Å². The number of carbonyl (C=O) groups is 2. The summed E-state index contributed by atoms with van der Waals surface area (Å²) in [7, 11) is 2.18. The molecule has 2 aromatic carbocycles. The van der Waals surface area contributed by atoms with E-state index in [9.17, 15) is 9.59 Å². The summed E-state index contributed by atoms with van der Waals surface area (Å²) >= 11 is 0. The molecule has 0 spiro atoms. The fourth-order valence-corrected chi connectivity index (χ4v) is 3.96. The molecule has 1 heterocycles.